The minimum atomic E-state index is -0.376. The van der Waals surface area contributed by atoms with Crippen LogP contribution in [0.3, 0.4) is 0 Å². The van der Waals surface area contributed by atoms with Crippen molar-refractivity contribution >= 4 is 23.3 Å². The number of fused-ring (bicyclic) bond motifs is 1. The maximum Gasteiger partial charge on any atom is 0.266 e. The Hall–Kier alpha value is -5.03. The van der Waals surface area contributed by atoms with E-state index in [-0.39, 0.29) is 23.2 Å². The number of carbonyl (C=O) groups excluding carboxylic acids is 2. The number of benzene rings is 3. The molecule has 0 fully saturated rings. The Kier molecular flexibility index (Phi) is 5.00. The van der Waals surface area contributed by atoms with Gasteiger partial charge >= 0.3 is 0 Å². The van der Waals surface area contributed by atoms with Crippen molar-refractivity contribution in [2.24, 2.45) is 0 Å². The topological polar surface area (TPSA) is 122 Å². The maximum absolute atomic E-state index is 12.8. The van der Waals surface area contributed by atoms with Gasteiger partial charge in [-0.25, -0.2) is 14.9 Å². The molecule has 8 nitrogen and oxygen atoms in total. The molecule has 1 aromatic heterocycles. The van der Waals surface area contributed by atoms with E-state index in [1.165, 1.54) is 0 Å². The number of ether oxygens (including phenoxy) is 1. The van der Waals surface area contributed by atoms with Crippen molar-refractivity contribution in [2.75, 3.05) is 17.7 Å². The number of aromatic nitrogens is 2. The Morgan fingerprint density at radius 1 is 0.853 bits per heavy atom. The van der Waals surface area contributed by atoms with Gasteiger partial charge in [0.1, 0.15) is 23.2 Å². The number of methoxy groups -OCH3 is 1. The molecule has 0 aliphatic carbocycles. The quantitative estimate of drug-likeness (QED) is 0.468. The number of nitrogens with two attached hydrogens (primary N) is 1. The number of nitrogens with zero attached hydrogens (tertiary/aromatic N) is 4. The molecule has 2 amide bonds. The van der Waals surface area contributed by atoms with Crippen LogP contribution in [-0.2, 0) is 0 Å². The fourth-order valence-corrected chi connectivity index (χ4v) is 3.86. The Balaban J connectivity index is 1.53. The molecule has 8 heteroatoms. The third-order valence-corrected chi connectivity index (χ3v) is 5.59. The standard InChI is InChI=1S/C26H17N5O3/c1-34-18-12-8-16(9-13-18)24-29-22(21(14-27)23(28)30-24)15-6-10-17(11-7-15)31-25(32)19-4-2-3-5-20(19)26(31)33/h2-13H,1H3,(H2,28,29,30). The zero-order valence-corrected chi connectivity index (χ0v) is 18.0. The molecule has 2 heterocycles. The number of imide groups is 1. The lowest BCUT2D eigenvalue weighted by molar-refractivity contribution is 0.0926. The van der Waals surface area contributed by atoms with Crippen molar-refractivity contribution in [3.63, 3.8) is 0 Å². The van der Waals surface area contributed by atoms with Crippen LogP contribution in [0.4, 0.5) is 11.5 Å². The number of hydrogen-bond acceptors (Lipinski definition) is 7. The summed E-state index contributed by atoms with van der Waals surface area (Å²) in [5.41, 5.74) is 9.05. The maximum atomic E-state index is 12.8. The van der Waals surface area contributed by atoms with Crippen LogP contribution in [0.2, 0.25) is 0 Å². The van der Waals surface area contributed by atoms with Crippen molar-refractivity contribution in [1.29, 1.82) is 5.26 Å². The van der Waals surface area contributed by atoms with Gasteiger partial charge < -0.3 is 10.5 Å². The Labute approximate surface area is 194 Å². The van der Waals surface area contributed by atoms with Crippen LogP contribution >= 0.6 is 0 Å². The number of nitriles is 1. The lowest BCUT2D eigenvalue weighted by Crippen LogP contribution is -2.29. The van der Waals surface area contributed by atoms with Crippen molar-refractivity contribution in [3.8, 4) is 34.5 Å². The number of nitrogen functional groups attached to an aromatic ring is 1. The summed E-state index contributed by atoms with van der Waals surface area (Å²) in [6, 6.07) is 22.6. The molecule has 4 aromatic rings. The summed E-state index contributed by atoms with van der Waals surface area (Å²) < 4.78 is 5.19. The third-order valence-electron chi connectivity index (χ3n) is 5.59. The van der Waals surface area contributed by atoms with Gasteiger partial charge in [0.2, 0.25) is 0 Å². The van der Waals surface area contributed by atoms with Crippen LogP contribution in [-0.4, -0.2) is 28.9 Å². The second-order valence-electron chi connectivity index (χ2n) is 7.53. The first-order chi connectivity index (χ1) is 16.5. The molecule has 0 spiro atoms. The van der Waals surface area contributed by atoms with Crippen LogP contribution in [0.5, 0.6) is 5.75 Å². The first kappa shape index (κ1) is 20.8. The summed E-state index contributed by atoms with van der Waals surface area (Å²) in [6.07, 6.45) is 0. The van der Waals surface area contributed by atoms with Gasteiger partial charge in [-0.15, -0.1) is 0 Å². The van der Waals surface area contributed by atoms with Gasteiger partial charge in [0.05, 0.1) is 29.6 Å². The highest BCUT2D eigenvalue weighted by atomic mass is 16.5. The third kappa shape index (κ3) is 3.32. The van der Waals surface area contributed by atoms with Gasteiger partial charge in [-0.2, -0.15) is 5.26 Å². The SMILES string of the molecule is COc1ccc(-c2nc(N)c(C#N)c(-c3ccc(N4C(=O)c5ccccc5C4=O)cc3)n2)cc1. The van der Waals surface area contributed by atoms with Gasteiger partial charge in [-0.1, -0.05) is 24.3 Å². The van der Waals surface area contributed by atoms with Crippen molar-refractivity contribution in [1.82, 2.24) is 9.97 Å². The van der Waals surface area contributed by atoms with E-state index < -0.39 is 0 Å². The van der Waals surface area contributed by atoms with Gasteiger partial charge in [-0.05, 0) is 48.5 Å². The fraction of sp³-hybridized carbons (Fsp3) is 0.0385. The monoisotopic (exact) mass is 447 g/mol. The van der Waals surface area contributed by atoms with E-state index in [0.717, 1.165) is 4.90 Å². The van der Waals surface area contributed by atoms with Crippen molar-refractivity contribution in [3.05, 3.63) is 89.5 Å². The Morgan fingerprint density at radius 3 is 2.00 bits per heavy atom. The predicted octanol–water partition coefficient (Wildman–Crippen LogP) is 4.07. The van der Waals surface area contributed by atoms with Crippen LogP contribution in [0.25, 0.3) is 22.6 Å². The highest BCUT2D eigenvalue weighted by Gasteiger charge is 2.36. The number of anilines is 2. The number of amides is 2. The van der Waals surface area contributed by atoms with Crippen LogP contribution in [0.15, 0.2) is 72.8 Å². The second kappa shape index (κ2) is 8.15. The Bertz CT molecular complexity index is 1450. The molecule has 0 bridgehead atoms. The average Bonchev–Trinajstić information content (AvgIpc) is 3.13. The molecular formula is C26H17N5O3. The molecular weight excluding hydrogens is 430 g/mol. The van der Waals surface area contributed by atoms with E-state index in [2.05, 4.69) is 16.0 Å². The highest BCUT2D eigenvalue weighted by Crippen LogP contribution is 2.32. The summed E-state index contributed by atoms with van der Waals surface area (Å²) in [7, 11) is 1.58. The van der Waals surface area contributed by atoms with Crippen molar-refractivity contribution < 1.29 is 14.3 Å². The molecule has 0 radical (unpaired) electrons. The van der Waals surface area contributed by atoms with E-state index >= 15 is 0 Å². The van der Waals surface area contributed by atoms with Gasteiger partial charge in [0.25, 0.3) is 11.8 Å². The summed E-state index contributed by atoms with van der Waals surface area (Å²) in [6.45, 7) is 0. The molecule has 1 aliphatic rings. The van der Waals surface area contributed by atoms with E-state index in [1.54, 1.807) is 79.9 Å². The minimum absolute atomic E-state index is 0.0581. The second-order valence-corrected chi connectivity index (χ2v) is 7.53. The normalized spacial score (nSPS) is 12.4. The first-order valence-electron chi connectivity index (χ1n) is 10.3. The minimum Gasteiger partial charge on any atom is -0.497 e. The molecule has 1 aliphatic heterocycles. The summed E-state index contributed by atoms with van der Waals surface area (Å²) in [4.78, 5) is 35.6. The molecule has 0 atom stereocenters. The van der Waals surface area contributed by atoms with Gasteiger partial charge in [0, 0.05) is 11.1 Å². The zero-order chi connectivity index (χ0) is 23.8. The highest BCUT2D eigenvalue weighted by molar-refractivity contribution is 6.34. The lowest BCUT2D eigenvalue weighted by atomic mass is 10.1. The number of hydrogen-bond donors (Lipinski definition) is 1. The van der Waals surface area contributed by atoms with E-state index in [0.29, 0.717) is 45.2 Å². The molecule has 0 saturated carbocycles. The fourth-order valence-electron chi connectivity index (χ4n) is 3.86. The summed E-state index contributed by atoms with van der Waals surface area (Å²) >= 11 is 0. The van der Waals surface area contributed by atoms with Gasteiger partial charge in [0.15, 0.2) is 5.82 Å². The number of rotatable bonds is 4. The Morgan fingerprint density at radius 2 is 1.44 bits per heavy atom. The van der Waals surface area contributed by atoms with E-state index in [4.69, 9.17) is 10.5 Å². The smallest absolute Gasteiger partial charge is 0.266 e. The molecule has 5 rings (SSSR count). The first-order valence-corrected chi connectivity index (χ1v) is 10.3. The number of carbonyl (C=O) groups is 2. The average molecular weight is 447 g/mol. The largest absolute Gasteiger partial charge is 0.497 e. The van der Waals surface area contributed by atoms with E-state index in [1.807, 2.05) is 0 Å². The summed E-state index contributed by atoms with van der Waals surface area (Å²) in [5.74, 6) is 0.355. The molecule has 0 unspecified atom stereocenters. The zero-order valence-electron chi connectivity index (χ0n) is 18.0. The molecule has 3 aromatic carbocycles. The van der Waals surface area contributed by atoms with E-state index in [9.17, 15) is 14.9 Å². The van der Waals surface area contributed by atoms with Crippen LogP contribution in [0.1, 0.15) is 26.3 Å². The van der Waals surface area contributed by atoms with Crippen LogP contribution in [0, 0.1) is 11.3 Å². The molecule has 164 valence electrons. The van der Waals surface area contributed by atoms with Gasteiger partial charge in [-0.3, -0.25) is 9.59 Å². The summed E-state index contributed by atoms with van der Waals surface area (Å²) in [5, 5.41) is 9.66. The molecule has 0 saturated heterocycles. The lowest BCUT2D eigenvalue weighted by Gasteiger charge is -2.15. The van der Waals surface area contributed by atoms with Crippen molar-refractivity contribution in [2.45, 2.75) is 0 Å². The molecule has 34 heavy (non-hydrogen) atoms. The molecule has 2 N–H and O–H groups in total. The predicted molar refractivity (Wildman–Crippen MR) is 126 cm³/mol. The van der Waals surface area contributed by atoms with Crippen LogP contribution < -0.4 is 15.4 Å².